The van der Waals surface area contributed by atoms with Gasteiger partial charge in [0, 0.05) is 5.56 Å². The van der Waals surface area contributed by atoms with Gasteiger partial charge in [-0.3, -0.25) is 9.59 Å². The summed E-state index contributed by atoms with van der Waals surface area (Å²) < 4.78 is 15.5. The van der Waals surface area contributed by atoms with Gasteiger partial charge in [0.2, 0.25) is 0 Å². The van der Waals surface area contributed by atoms with Crippen molar-refractivity contribution in [3.05, 3.63) is 53.6 Å². The Bertz CT molecular complexity index is 661. The molecule has 114 valence electrons. The maximum absolute atomic E-state index is 12.0. The summed E-state index contributed by atoms with van der Waals surface area (Å²) in [5.74, 6) is 0.935. The van der Waals surface area contributed by atoms with Gasteiger partial charge in [0.25, 0.3) is 0 Å². The number of benzene rings is 2. The SMILES string of the molecule is COc1ccc(CC(=O)Oc2ccc(C=O)cc2OC)cc1. The second kappa shape index (κ2) is 7.26. The van der Waals surface area contributed by atoms with Crippen LogP contribution < -0.4 is 14.2 Å². The summed E-state index contributed by atoms with van der Waals surface area (Å²) in [4.78, 5) is 22.7. The Kier molecular flexibility index (Phi) is 5.14. The first-order valence-electron chi connectivity index (χ1n) is 6.63. The molecule has 2 aromatic rings. The Balaban J connectivity index is 2.06. The van der Waals surface area contributed by atoms with Crippen LogP contribution in [0.25, 0.3) is 0 Å². The Labute approximate surface area is 128 Å². The van der Waals surface area contributed by atoms with Crippen LogP contribution in [0, 0.1) is 0 Å². The first-order valence-corrected chi connectivity index (χ1v) is 6.63. The molecule has 0 N–H and O–H groups in total. The number of methoxy groups -OCH3 is 2. The minimum atomic E-state index is -0.415. The Morgan fingerprint density at radius 2 is 1.73 bits per heavy atom. The average Bonchev–Trinajstić information content (AvgIpc) is 2.55. The monoisotopic (exact) mass is 300 g/mol. The minimum Gasteiger partial charge on any atom is -0.497 e. The molecule has 5 nitrogen and oxygen atoms in total. The average molecular weight is 300 g/mol. The van der Waals surface area contributed by atoms with Gasteiger partial charge in [0.05, 0.1) is 20.6 Å². The molecule has 5 heteroatoms. The molecule has 22 heavy (non-hydrogen) atoms. The summed E-state index contributed by atoms with van der Waals surface area (Å²) in [6.07, 6.45) is 0.827. The van der Waals surface area contributed by atoms with E-state index in [9.17, 15) is 9.59 Å². The molecule has 2 aromatic carbocycles. The van der Waals surface area contributed by atoms with Gasteiger partial charge < -0.3 is 14.2 Å². The molecule has 0 aromatic heterocycles. The zero-order chi connectivity index (χ0) is 15.9. The first kappa shape index (κ1) is 15.6. The number of hydrogen-bond donors (Lipinski definition) is 0. The molecule has 2 rings (SSSR count). The maximum atomic E-state index is 12.0. The fourth-order valence-electron chi connectivity index (χ4n) is 1.91. The highest BCUT2D eigenvalue weighted by molar-refractivity contribution is 5.79. The van der Waals surface area contributed by atoms with E-state index in [1.165, 1.54) is 19.2 Å². The van der Waals surface area contributed by atoms with Crippen molar-refractivity contribution in [2.75, 3.05) is 14.2 Å². The molecule has 0 unspecified atom stereocenters. The Hall–Kier alpha value is -2.82. The van der Waals surface area contributed by atoms with Crippen LogP contribution >= 0.6 is 0 Å². The van der Waals surface area contributed by atoms with Gasteiger partial charge in [-0.25, -0.2) is 0 Å². The van der Waals surface area contributed by atoms with Gasteiger partial charge in [0.1, 0.15) is 12.0 Å². The zero-order valence-electron chi connectivity index (χ0n) is 12.4. The van der Waals surface area contributed by atoms with Gasteiger partial charge in [-0.15, -0.1) is 0 Å². The molecule has 0 atom stereocenters. The third-order valence-electron chi connectivity index (χ3n) is 3.06. The number of esters is 1. The molecule has 0 amide bonds. The molecule has 0 heterocycles. The molecule has 0 aliphatic carbocycles. The zero-order valence-corrected chi connectivity index (χ0v) is 12.4. The van der Waals surface area contributed by atoms with Crippen molar-refractivity contribution in [2.45, 2.75) is 6.42 Å². The molecular formula is C17H16O5. The number of rotatable bonds is 6. The predicted octanol–water partition coefficient (Wildman–Crippen LogP) is 2.66. The minimum absolute atomic E-state index is 0.128. The number of carbonyl (C=O) groups is 2. The van der Waals surface area contributed by atoms with Gasteiger partial charge in [-0.1, -0.05) is 12.1 Å². The second-order valence-corrected chi connectivity index (χ2v) is 4.53. The summed E-state index contributed by atoms with van der Waals surface area (Å²) in [7, 11) is 3.03. The molecule has 0 fully saturated rings. The van der Waals surface area contributed by atoms with Crippen molar-refractivity contribution >= 4 is 12.3 Å². The fraction of sp³-hybridized carbons (Fsp3) is 0.176. The van der Waals surface area contributed by atoms with Crippen LogP contribution in [0.4, 0.5) is 0 Å². The highest BCUT2D eigenvalue weighted by atomic mass is 16.6. The van der Waals surface area contributed by atoms with Crippen LogP contribution in [0.5, 0.6) is 17.2 Å². The number of aldehydes is 1. The number of ether oxygens (including phenoxy) is 3. The molecule has 0 radical (unpaired) electrons. The van der Waals surface area contributed by atoms with Crippen LogP contribution in [-0.2, 0) is 11.2 Å². The third kappa shape index (κ3) is 3.85. The van der Waals surface area contributed by atoms with E-state index in [0.717, 1.165) is 11.3 Å². The van der Waals surface area contributed by atoms with E-state index >= 15 is 0 Å². The molecule has 0 spiro atoms. The van der Waals surface area contributed by atoms with Crippen LogP contribution in [-0.4, -0.2) is 26.5 Å². The summed E-state index contributed by atoms with van der Waals surface area (Å²) in [6.45, 7) is 0. The summed E-state index contributed by atoms with van der Waals surface area (Å²) in [5, 5.41) is 0. The molecule has 0 aliphatic rings. The largest absolute Gasteiger partial charge is 0.497 e. The number of hydrogen-bond acceptors (Lipinski definition) is 5. The normalized spacial score (nSPS) is 9.91. The first-order chi connectivity index (χ1) is 10.7. The second-order valence-electron chi connectivity index (χ2n) is 4.53. The van der Waals surface area contributed by atoms with Crippen molar-refractivity contribution < 1.29 is 23.8 Å². The van der Waals surface area contributed by atoms with Crippen molar-refractivity contribution in [2.24, 2.45) is 0 Å². The van der Waals surface area contributed by atoms with Crippen LogP contribution in [0.3, 0.4) is 0 Å². The van der Waals surface area contributed by atoms with Gasteiger partial charge in [-0.05, 0) is 35.9 Å². The Morgan fingerprint density at radius 3 is 2.32 bits per heavy atom. The lowest BCUT2D eigenvalue weighted by atomic mass is 10.1. The molecule has 0 bridgehead atoms. The maximum Gasteiger partial charge on any atom is 0.315 e. The smallest absolute Gasteiger partial charge is 0.315 e. The molecule has 0 saturated carbocycles. The van der Waals surface area contributed by atoms with E-state index in [1.807, 2.05) is 0 Å². The van der Waals surface area contributed by atoms with E-state index in [-0.39, 0.29) is 12.2 Å². The third-order valence-corrected chi connectivity index (χ3v) is 3.06. The summed E-state index contributed by atoms with van der Waals surface area (Å²) in [5.41, 5.74) is 1.26. The lowest BCUT2D eigenvalue weighted by Crippen LogP contribution is -2.12. The summed E-state index contributed by atoms with van der Waals surface area (Å²) >= 11 is 0. The highest BCUT2D eigenvalue weighted by Gasteiger charge is 2.11. The van der Waals surface area contributed by atoms with Gasteiger partial charge in [0.15, 0.2) is 11.5 Å². The quantitative estimate of drug-likeness (QED) is 0.466. The lowest BCUT2D eigenvalue weighted by molar-refractivity contribution is -0.133. The number of carbonyl (C=O) groups excluding carboxylic acids is 2. The topological polar surface area (TPSA) is 61.8 Å². The van der Waals surface area contributed by atoms with Crippen molar-refractivity contribution in [3.8, 4) is 17.2 Å². The van der Waals surface area contributed by atoms with E-state index in [2.05, 4.69) is 0 Å². The molecular weight excluding hydrogens is 284 g/mol. The van der Waals surface area contributed by atoms with Crippen molar-refractivity contribution in [1.82, 2.24) is 0 Å². The lowest BCUT2D eigenvalue weighted by Gasteiger charge is -2.09. The fourth-order valence-corrected chi connectivity index (χ4v) is 1.91. The van der Waals surface area contributed by atoms with E-state index in [4.69, 9.17) is 14.2 Å². The predicted molar refractivity (Wildman–Crippen MR) is 80.7 cm³/mol. The summed E-state index contributed by atoms with van der Waals surface area (Å²) in [6, 6.07) is 11.8. The van der Waals surface area contributed by atoms with E-state index in [0.29, 0.717) is 17.6 Å². The van der Waals surface area contributed by atoms with Crippen LogP contribution in [0.15, 0.2) is 42.5 Å². The van der Waals surface area contributed by atoms with Crippen LogP contribution in [0.1, 0.15) is 15.9 Å². The van der Waals surface area contributed by atoms with Crippen molar-refractivity contribution in [3.63, 3.8) is 0 Å². The van der Waals surface area contributed by atoms with Gasteiger partial charge >= 0.3 is 5.97 Å². The highest BCUT2D eigenvalue weighted by Crippen LogP contribution is 2.28. The van der Waals surface area contributed by atoms with Gasteiger partial charge in [-0.2, -0.15) is 0 Å². The van der Waals surface area contributed by atoms with Crippen molar-refractivity contribution in [1.29, 1.82) is 0 Å². The standard InChI is InChI=1S/C17H16O5/c1-20-14-6-3-12(4-7-14)10-17(19)22-15-8-5-13(11-18)9-16(15)21-2/h3-9,11H,10H2,1-2H3. The Morgan fingerprint density at radius 1 is 1.00 bits per heavy atom. The molecule has 0 aliphatic heterocycles. The van der Waals surface area contributed by atoms with E-state index in [1.54, 1.807) is 37.4 Å². The van der Waals surface area contributed by atoms with Crippen LogP contribution in [0.2, 0.25) is 0 Å². The molecule has 0 saturated heterocycles. The van der Waals surface area contributed by atoms with E-state index < -0.39 is 5.97 Å².